The van der Waals surface area contributed by atoms with E-state index >= 15 is 0 Å². The number of rotatable bonds is 3. The number of benzene rings is 1. The zero-order chi connectivity index (χ0) is 18.2. The molecule has 140 valence electrons. The first-order valence-corrected chi connectivity index (χ1v) is 10.3. The molecular formula is C21H32O3S. The summed E-state index contributed by atoms with van der Waals surface area (Å²) in [5, 5.41) is 21.0. The SMILES string of the molecule is CC1(C)C[C@@H](O)C(c2cccc(CO)c2C2CCCCO2)C(C)(C)S1. The van der Waals surface area contributed by atoms with Gasteiger partial charge in [-0.1, -0.05) is 32.0 Å². The van der Waals surface area contributed by atoms with Crippen LogP contribution in [0.25, 0.3) is 0 Å². The van der Waals surface area contributed by atoms with E-state index in [1.54, 1.807) is 0 Å². The van der Waals surface area contributed by atoms with Crippen molar-refractivity contribution < 1.29 is 14.9 Å². The maximum atomic E-state index is 11.1. The topological polar surface area (TPSA) is 49.7 Å². The molecule has 0 saturated carbocycles. The van der Waals surface area contributed by atoms with Crippen molar-refractivity contribution in [3.8, 4) is 0 Å². The first-order chi connectivity index (χ1) is 11.7. The summed E-state index contributed by atoms with van der Waals surface area (Å²) in [6.07, 6.45) is 3.68. The predicted molar refractivity (Wildman–Crippen MR) is 104 cm³/mol. The number of aliphatic hydroxyl groups is 2. The number of thioether (sulfide) groups is 1. The maximum absolute atomic E-state index is 11.1. The van der Waals surface area contributed by atoms with Crippen LogP contribution in [0, 0.1) is 0 Å². The van der Waals surface area contributed by atoms with E-state index in [2.05, 4.69) is 33.8 Å². The van der Waals surface area contributed by atoms with Crippen molar-refractivity contribution in [1.29, 1.82) is 0 Å². The van der Waals surface area contributed by atoms with Gasteiger partial charge < -0.3 is 14.9 Å². The van der Waals surface area contributed by atoms with Gasteiger partial charge in [0, 0.05) is 22.0 Å². The van der Waals surface area contributed by atoms with Crippen LogP contribution in [0.5, 0.6) is 0 Å². The van der Waals surface area contributed by atoms with Crippen LogP contribution in [0.1, 0.15) is 82.1 Å². The average Bonchev–Trinajstić information content (AvgIpc) is 2.52. The van der Waals surface area contributed by atoms with Crippen molar-refractivity contribution in [2.75, 3.05) is 6.61 Å². The van der Waals surface area contributed by atoms with Gasteiger partial charge >= 0.3 is 0 Å². The Hall–Kier alpha value is -0.550. The van der Waals surface area contributed by atoms with E-state index in [0.717, 1.165) is 43.4 Å². The summed E-state index contributed by atoms with van der Waals surface area (Å²) in [7, 11) is 0. The lowest BCUT2D eigenvalue weighted by Gasteiger charge is -2.49. The molecule has 2 aliphatic heterocycles. The van der Waals surface area contributed by atoms with Crippen molar-refractivity contribution in [1.82, 2.24) is 0 Å². The molecular weight excluding hydrogens is 332 g/mol. The fourth-order valence-electron chi connectivity index (χ4n) is 4.89. The number of ether oxygens (including phenoxy) is 1. The molecule has 0 spiro atoms. The minimum absolute atomic E-state index is 0.0188. The minimum atomic E-state index is -0.387. The Kier molecular flexibility index (Phi) is 5.55. The van der Waals surface area contributed by atoms with E-state index in [4.69, 9.17) is 4.74 Å². The van der Waals surface area contributed by atoms with Crippen LogP contribution in [0.15, 0.2) is 18.2 Å². The number of hydrogen-bond donors (Lipinski definition) is 2. The molecule has 3 nitrogen and oxygen atoms in total. The van der Waals surface area contributed by atoms with E-state index in [0.29, 0.717) is 0 Å². The molecule has 25 heavy (non-hydrogen) atoms. The summed E-state index contributed by atoms with van der Waals surface area (Å²) in [4.78, 5) is 0. The zero-order valence-corrected chi connectivity index (χ0v) is 16.7. The third kappa shape index (κ3) is 3.92. The average molecular weight is 365 g/mol. The minimum Gasteiger partial charge on any atom is -0.392 e. The Labute approximate surface area is 156 Å². The molecule has 1 aromatic rings. The van der Waals surface area contributed by atoms with Gasteiger partial charge in [-0.3, -0.25) is 0 Å². The Balaban J connectivity index is 2.06. The lowest BCUT2D eigenvalue weighted by molar-refractivity contribution is 0.0119. The highest BCUT2D eigenvalue weighted by molar-refractivity contribution is 8.02. The van der Waals surface area contributed by atoms with E-state index in [1.165, 1.54) is 5.56 Å². The van der Waals surface area contributed by atoms with E-state index in [1.807, 2.05) is 23.9 Å². The molecule has 0 bridgehead atoms. The van der Waals surface area contributed by atoms with Crippen LogP contribution >= 0.6 is 11.8 Å². The van der Waals surface area contributed by atoms with Crippen LogP contribution < -0.4 is 0 Å². The molecule has 2 aliphatic rings. The van der Waals surface area contributed by atoms with E-state index < -0.39 is 0 Å². The second-order valence-corrected chi connectivity index (χ2v) is 11.0. The first kappa shape index (κ1) is 19.2. The first-order valence-electron chi connectivity index (χ1n) is 9.47. The highest BCUT2D eigenvalue weighted by Crippen LogP contribution is 2.55. The Bertz CT molecular complexity index is 605. The number of aliphatic hydroxyl groups excluding tert-OH is 2. The van der Waals surface area contributed by atoms with Crippen LogP contribution in [-0.4, -0.2) is 32.4 Å². The molecule has 0 aliphatic carbocycles. The third-order valence-electron chi connectivity index (χ3n) is 5.61. The molecule has 2 N–H and O–H groups in total. The van der Waals surface area contributed by atoms with E-state index in [9.17, 15) is 10.2 Å². The standard InChI is InChI=1S/C21H32O3S/c1-20(2)12-16(23)19(21(3,4)25-20)15-9-7-8-14(13-22)18(15)17-10-5-6-11-24-17/h7-9,16-17,19,22-23H,5-6,10-13H2,1-4H3/t16-,17?,19?/m1/s1. The van der Waals surface area contributed by atoms with E-state index in [-0.39, 0.29) is 34.2 Å². The van der Waals surface area contributed by atoms with Gasteiger partial charge in [0.1, 0.15) is 0 Å². The van der Waals surface area contributed by atoms with Crippen LogP contribution in [0.4, 0.5) is 0 Å². The summed E-state index contributed by atoms with van der Waals surface area (Å²) in [5.74, 6) is 0.0394. The Morgan fingerprint density at radius 1 is 1.20 bits per heavy atom. The van der Waals surface area contributed by atoms with Crippen LogP contribution in [-0.2, 0) is 11.3 Å². The molecule has 1 aromatic carbocycles. The fourth-order valence-corrected chi connectivity index (χ4v) is 6.98. The van der Waals surface area contributed by atoms with Gasteiger partial charge in [-0.25, -0.2) is 0 Å². The van der Waals surface area contributed by atoms with Crippen LogP contribution in [0.3, 0.4) is 0 Å². The lowest BCUT2D eigenvalue weighted by atomic mass is 9.75. The van der Waals surface area contributed by atoms with Crippen molar-refractivity contribution in [2.24, 2.45) is 0 Å². The second kappa shape index (κ2) is 7.22. The highest BCUT2D eigenvalue weighted by Gasteiger charge is 2.48. The maximum Gasteiger partial charge on any atom is 0.0831 e. The molecule has 2 unspecified atom stereocenters. The van der Waals surface area contributed by atoms with Gasteiger partial charge in [-0.15, -0.1) is 11.8 Å². The lowest BCUT2D eigenvalue weighted by Crippen LogP contribution is -2.46. The van der Waals surface area contributed by atoms with Gasteiger partial charge in [-0.05, 0) is 56.2 Å². The van der Waals surface area contributed by atoms with Crippen molar-refractivity contribution in [3.05, 3.63) is 34.9 Å². The van der Waals surface area contributed by atoms with Gasteiger partial charge in [0.2, 0.25) is 0 Å². The third-order valence-corrected chi connectivity index (χ3v) is 7.11. The van der Waals surface area contributed by atoms with Crippen molar-refractivity contribution >= 4 is 11.8 Å². The molecule has 4 heteroatoms. The molecule has 0 amide bonds. The normalized spacial score (nSPS) is 31.7. The summed E-state index contributed by atoms with van der Waals surface area (Å²) in [6, 6.07) is 6.15. The van der Waals surface area contributed by atoms with Gasteiger partial charge in [0.25, 0.3) is 0 Å². The quantitative estimate of drug-likeness (QED) is 0.825. The van der Waals surface area contributed by atoms with Crippen molar-refractivity contribution in [3.63, 3.8) is 0 Å². The molecule has 0 radical (unpaired) electrons. The van der Waals surface area contributed by atoms with Crippen molar-refractivity contribution in [2.45, 2.75) is 87.6 Å². The summed E-state index contributed by atoms with van der Waals surface area (Å²) < 4.78 is 6.06. The van der Waals surface area contributed by atoms with Gasteiger partial charge in [0.15, 0.2) is 0 Å². The second-order valence-electron chi connectivity index (χ2n) is 8.65. The molecule has 3 rings (SSSR count). The zero-order valence-electron chi connectivity index (χ0n) is 15.9. The van der Waals surface area contributed by atoms with Gasteiger partial charge in [-0.2, -0.15) is 0 Å². The molecule has 2 saturated heterocycles. The fraction of sp³-hybridized carbons (Fsp3) is 0.714. The Morgan fingerprint density at radius 3 is 2.56 bits per heavy atom. The summed E-state index contributed by atoms with van der Waals surface area (Å²) >= 11 is 1.96. The smallest absolute Gasteiger partial charge is 0.0831 e. The summed E-state index contributed by atoms with van der Waals surface area (Å²) in [6.45, 7) is 9.71. The monoisotopic (exact) mass is 364 g/mol. The van der Waals surface area contributed by atoms with Crippen LogP contribution in [0.2, 0.25) is 0 Å². The highest BCUT2D eigenvalue weighted by atomic mass is 32.2. The predicted octanol–water partition coefficient (Wildman–Crippen LogP) is 4.56. The number of hydrogen-bond acceptors (Lipinski definition) is 4. The largest absolute Gasteiger partial charge is 0.392 e. The Morgan fingerprint density at radius 2 is 1.96 bits per heavy atom. The molecule has 2 heterocycles. The summed E-state index contributed by atoms with van der Waals surface area (Å²) in [5.41, 5.74) is 3.24. The molecule has 0 aromatic heterocycles. The molecule has 3 atom stereocenters. The van der Waals surface area contributed by atoms with Gasteiger partial charge in [0.05, 0.1) is 18.8 Å². The molecule has 2 fully saturated rings.